The van der Waals surface area contributed by atoms with Crippen molar-refractivity contribution in [3.8, 4) is 0 Å². The molecule has 0 saturated heterocycles. The van der Waals surface area contributed by atoms with Crippen molar-refractivity contribution in [2.45, 2.75) is 64.5 Å². The summed E-state index contributed by atoms with van der Waals surface area (Å²) < 4.78 is 10.7. The SMILES string of the molecule is CCc1ccc2c(CC(=O)O[C@@H](C)C(=O)NC(=O)NC3CCCC3)coc2c1. The van der Waals surface area contributed by atoms with Gasteiger partial charge in [-0.05, 0) is 37.8 Å². The number of aryl methyl sites for hydroxylation is 1. The average Bonchev–Trinajstić information content (AvgIpc) is 3.31. The fraction of sp³-hybridized carbons (Fsp3) is 0.476. The van der Waals surface area contributed by atoms with Crippen LogP contribution in [0.2, 0.25) is 0 Å². The maximum atomic E-state index is 12.2. The van der Waals surface area contributed by atoms with Crippen LogP contribution in [0.4, 0.5) is 4.79 Å². The summed E-state index contributed by atoms with van der Waals surface area (Å²) >= 11 is 0. The van der Waals surface area contributed by atoms with E-state index in [0.29, 0.717) is 5.56 Å². The predicted octanol–water partition coefficient (Wildman–Crippen LogP) is 3.24. The van der Waals surface area contributed by atoms with Gasteiger partial charge in [0.1, 0.15) is 5.58 Å². The summed E-state index contributed by atoms with van der Waals surface area (Å²) in [5, 5.41) is 5.84. The van der Waals surface area contributed by atoms with Gasteiger partial charge in [0, 0.05) is 17.0 Å². The molecule has 7 nitrogen and oxygen atoms in total. The number of hydrogen-bond acceptors (Lipinski definition) is 5. The first-order chi connectivity index (χ1) is 13.5. The van der Waals surface area contributed by atoms with Gasteiger partial charge in [0.15, 0.2) is 6.10 Å². The number of carbonyl (C=O) groups excluding carboxylic acids is 3. The van der Waals surface area contributed by atoms with E-state index in [4.69, 9.17) is 9.15 Å². The number of carbonyl (C=O) groups is 3. The zero-order valence-electron chi connectivity index (χ0n) is 16.2. The number of esters is 1. The molecule has 1 aliphatic carbocycles. The molecule has 1 atom stereocenters. The molecule has 150 valence electrons. The highest BCUT2D eigenvalue weighted by atomic mass is 16.5. The Morgan fingerprint density at radius 3 is 2.71 bits per heavy atom. The Bertz CT molecular complexity index is 867. The van der Waals surface area contributed by atoms with Gasteiger partial charge in [-0.3, -0.25) is 14.9 Å². The molecule has 3 amide bonds. The molecular weight excluding hydrogens is 360 g/mol. The topological polar surface area (TPSA) is 97.6 Å². The molecule has 0 spiro atoms. The van der Waals surface area contributed by atoms with Crippen molar-refractivity contribution in [2.24, 2.45) is 0 Å². The summed E-state index contributed by atoms with van der Waals surface area (Å²) in [6.45, 7) is 3.50. The van der Waals surface area contributed by atoms with E-state index in [1.54, 1.807) is 0 Å². The van der Waals surface area contributed by atoms with E-state index in [2.05, 4.69) is 17.6 Å². The fourth-order valence-electron chi connectivity index (χ4n) is 3.44. The van der Waals surface area contributed by atoms with Crippen LogP contribution in [-0.2, 0) is 27.2 Å². The van der Waals surface area contributed by atoms with Crippen molar-refractivity contribution < 1.29 is 23.5 Å². The summed E-state index contributed by atoms with van der Waals surface area (Å²) in [5.74, 6) is -1.20. The van der Waals surface area contributed by atoms with Crippen LogP contribution in [0, 0.1) is 0 Å². The lowest BCUT2D eigenvalue weighted by Crippen LogP contribution is -2.47. The second-order valence-corrected chi connectivity index (χ2v) is 7.20. The Morgan fingerprint density at radius 2 is 2.00 bits per heavy atom. The molecule has 1 fully saturated rings. The second-order valence-electron chi connectivity index (χ2n) is 7.20. The number of amides is 3. The molecule has 1 saturated carbocycles. The molecular formula is C21H26N2O5. The highest BCUT2D eigenvalue weighted by Crippen LogP contribution is 2.23. The summed E-state index contributed by atoms with van der Waals surface area (Å²) in [6.07, 6.45) is 5.36. The maximum Gasteiger partial charge on any atom is 0.321 e. The molecule has 28 heavy (non-hydrogen) atoms. The van der Waals surface area contributed by atoms with E-state index >= 15 is 0 Å². The zero-order valence-corrected chi connectivity index (χ0v) is 16.2. The van der Waals surface area contributed by atoms with E-state index in [1.165, 1.54) is 13.2 Å². The molecule has 1 aliphatic rings. The number of hydrogen-bond donors (Lipinski definition) is 2. The molecule has 1 aromatic carbocycles. The van der Waals surface area contributed by atoms with Crippen LogP contribution >= 0.6 is 0 Å². The Morgan fingerprint density at radius 1 is 1.25 bits per heavy atom. The van der Waals surface area contributed by atoms with Gasteiger partial charge in [0.25, 0.3) is 5.91 Å². The summed E-state index contributed by atoms with van der Waals surface area (Å²) in [6, 6.07) is 5.42. The van der Waals surface area contributed by atoms with Crippen LogP contribution in [0.5, 0.6) is 0 Å². The molecule has 0 radical (unpaired) electrons. The highest BCUT2D eigenvalue weighted by molar-refractivity contribution is 5.97. The molecule has 3 rings (SSSR count). The smallest absolute Gasteiger partial charge is 0.321 e. The first-order valence-electron chi connectivity index (χ1n) is 9.76. The predicted molar refractivity (Wildman–Crippen MR) is 104 cm³/mol. The van der Waals surface area contributed by atoms with Gasteiger partial charge in [-0.2, -0.15) is 0 Å². The van der Waals surface area contributed by atoms with Crippen molar-refractivity contribution in [3.05, 3.63) is 35.6 Å². The molecule has 2 aromatic rings. The van der Waals surface area contributed by atoms with Crippen molar-refractivity contribution in [3.63, 3.8) is 0 Å². The Balaban J connectivity index is 1.51. The van der Waals surface area contributed by atoms with E-state index in [1.807, 2.05) is 18.2 Å². The minimum absolute atomic E-state index is 0.00956. The van der Waals surface area contributed by atoms with Gasteiger partial charge < -0.3 is 14.5 Å². The first kappa shape index (κ1) is 19.9. The van der Waals surface area contributed by atoms with Gasteiger partial charge in [-0.15, -0.1) is 0 Å². The van der Waals surface area contributed by atoms with Gasteiger partial charge in [-0.1, -0.05) is 31.9 Å². The summed E-state index contributed by atoms with van der Waals surface area (Å²) in [4.78, 5) is 36.2. The molecule has 7 heteroatoms. The third kappa shape index (κ3) is 4.91. The number of furan rings is 1. The fourth-order valence-corrected chi connectivity index (χ4v) is 3.44. The van der Waals surface area contributed by atoms with E-state index in [9.17, 15) is 14.4 Å². The number of benzene rings is 1. The molecule has 2 N–H and O–H groups in total. The maximum absolute atomic E-state index is 12.2. The molecule has 1 heterocycles. The lowest BCUT2D eigenvalue weighted by atomic mass is 10.1. The molecule has 1 aromatic heterocycles. The second kappa shape index (κ2) is 8.91. The quantitative estimate of drug-likeness (QED) is 0.743. The van der Waals surface area contributed by atoms with Crippen molar-refractivity contribution >= 4 is 28.9 Å². The molecule has 0 aliphatic heterocycles. The highest BCUT2D eigenvalue weighted by Gasteiger charge is 2.23. The van der Waals surface area contributed by atoms with Gasteiger partial charge in [0.2, 0.25) is 0 Å². The van der Waals surface area contributed by atoms with Crippen molar-refractivity contribution in [2.75, 3.05) is 0 Å². The number of nitrogens with one attached hydrogen (secondary N) is 2. The van der Waals surface area contributed by atoms with Gasteiger partial charge in [-0.25, -0.2) is 4.79 Å². The third-order valence-electron chi connectivity index (χ3n) is 5.07. The number of ether oxygens (including phenoxy) is 1. The molecule has 0 unspecified atom stereocenters. The minimum atomic E-state index is -1.06. The number of rotatable bonds is 6. The van der Waals surface area contributed by atoms with Gasteiger partial charge in [0.05, 0.1) is 12.7 Å². The van der Waals surface area contributed by atoms with Crippen LogP contribution in [0.1, 0.15) is 50.7 Å². The Kier molecular flexibility index (Phi) is 6.34. The van der Waals surface area contributed by atoms with Crippen molar-refractivity contribution in [1.82, 2.24) is 10.6 Å². The zero-order chi connectivity index (χ0) is 20.1. The van der Waals surface area contributed by atoms with Crippen molar-refractivity contribution in [1.29, 1.82) is 0 Å². The van der Waals surface area contributed by atoms with Crippen LogP contribution in [-0.4, -0.2) is 30.1 Å². The van der Waals surface area contributed by atoms with Crippen LogP contribution in [0.15, 0.2) is 28.9 Å². The Labute approximate surface area is 163 Å². The Hall–Kier alpha value is -2.83. The number of imide groups is 1. The van der Waals surface area contributed by atoms with E-state index in [0.717, 1.165) is 48.6 Å². The summed E-state index contributed by atoms with van der Waals surface area (Å²) in [7, 11) is 0. The minimum Gasteiger partial charge on any atom is -0.464 e. The van der Waals surface area contributed by atoms with E-state index < -0.39 is 24.0 Å². The van der Waals surface area contributed by atoms with Crippen LogP contribution in [0.3, 0.4) is 0 Å². The standard InChI is InChI=1S/C21H26N2O5/c1-3-14-8-9-17-15(12-27-18(17)10-14)11-19(24)28-13(2)20(25)23-21(26)22-16-6-4-5-7-16/h8-10,12-13,16H,3-7,11H2,1-2H3,(H2,22,23,25,26)/t13-/m0/s1. The van der Waals surface area contributed by atoms with E-state index in [-0.39, 0.29) is 12.5 Å². The lowest BCUT2D eigenvalue weighted by Gasteiger charge is -2.15. The largest absolute Gasteiger partial charge is 0.464 e. The average molecular weight is 386 g/mol. The first-order valence-corrected chi connectivity index (χ1v) is 9.76. The monoisotopic (exact) mass is 386 g/mol. The third-order valence-corrected chi connectivity index (χ3v) is 5.07. The summed E-state index contributed by atoms with van der Waals surface area (Å²) in [5.41, 5.74) is 2.57. The number of urea groups is 1. The van der Waals surface area contributed by atoms with Crippen LogP contribution < -0.4 is 10.6 Å². The number of fused-ring (bicyclic) bond motifs is 1. The van der Waals surface area contributed by atoms with Gasteiger partial charge >= 0.3 is 12.0 Å². The lowest BCUT2D eigenvalue weighted by molar-refractivity contribution is -0.153. The van der Waals surface area contributed by atoms with Crippen LogP contribution in [0.25, 0.3) is 11.0 Å². The molecule has 0 bridgehead atoms. The normalized spacial score (nSPS) is 15.4.